The van der Waals surface area contributed by atoms with Crippen molar-refractivity contribution >= 4 is 16.8 Å². The van der Waals surface area contributed by atoms with Crippen molar-refractivity contribution in [3.05, 3.63) is 65.9 Å². The Morgan fingerprint density at radius 3 is 2.64 bits per heavy atom. The molecule has 0 aliphatic heterocycles. The number of aromatic nitrogens is 1. The molecule has 1 amide bonds. The van der Waals surface area contributed by atoms with Gasteiger partial charge in [-0.15, -0.1) is 0 Å². The van der Waals surface area contributed by atoms with Gasteiger partial charge in [0.2, 0.25) is 0 Å². The van der Waals surface area contributed by atoms with Gasteiger partial charge in [-0.2, -0.15) is 0 Å². The van der Waals surface area contributed by atoms with Crippen molar-refractivity contribution in [1.82, 2.24) is 10.3 Å². The van der Waals surface area contributed by atoms with Crippen LogP contribution in [-0.4, -0.2) is 25.1 Å². The maximum Gasteiger partial charge on any atom is 0.253 e. The third kappa shape index (κ3) is 3.40. The second-order valence-corrected chi connectivity index (χ2v) is 5.68. The van der Waals surface area contributed by atoms with E-state index >= 15 is 0 Å². The summed E-state index contributed by atoms with van der Waals surface area (Å²) < 4.78 is 10.7. The van der Waals surface area contributed by atoms with Crippen molar-refractivity contribution in [2.45, 2.75) is 13.0 Å². The summed E-state index contributed by atoms with van der Waals surface area (Å²) >= 11 is 0. The molecule has 0 saturated carbocycles. The van der Waals surface area contributed by atoms with E-state index in [1.807, 2.05) is 49.4 Å². The van der Waals surface area contributed by atoms with Crippen LogP contribution in [0.15, 0.2) is 54.7 Å². The minimum absolute atomic E-state index is 0.179. The molecule has 0 fully saturated rings. The predicted octanol–water partition coefficient (Wildman–Crippen LogP) is 3.74. The molecule has 1 unspecified atom stereocenters. The molecule has 1 atom stereocenters. The molecule has 5 nitrogen and oxygen atoms in total. The average Bonchev–Trinajstić information content (AvgIpc) is 2.66. The van der Waals surface area contributed by atoms with Gasteiger partial charge in [0.1, 0.15) is 11.5 Å². The Bertz CT molecular complexity index is 903. The van der Waals surface area contributed by atoms with E-state index in [1.54, 1.807) is 26.5 Å². The summed E-state index contributed by atoms with van der Waals surface area (Å²) in [5.41, 5.74) is 2.09. The zero-order chi connectivity index (χ0) is 17.8. The van der Waals surface area contributed by atoms with Crippen LogP contribution in [0.4, 0.5) is 0 Å². The Morgan fingerprint density at radius 1 is 1.08 bits per heavy atom. The smallest absolute Gasteiger partial charge is 0.253 e. The van der Waals surface area contributed by atoms with Crippen LogP contribution >= 0.6 is 0 Å². The second kappa shape index (κ2) is 7.21. The first-order valence-electron chi connectivity index (χ1n) is 8.00. The third-order valence-corrected chi connectivity index (χ3v) is 4.13. The van der Waals surface area contributed by atoms with Crippen LogP contribution < -0.4 is 14.8 Å². The Labute approximate surface area is 146 Å². The highest BCUT2D eigenvalue weighted by Gasteiger charge is 2.18. The summed E-state index contributed by atoms with van der Waals surface area (Å²) in [6, 6.07) is 14.6. The third-order valence-electron chi connectivity index (χ3n) is 4.13. The van der Waals surface area contributed by atoms with E-state index in [-0.39, 0.29) is 11.9 Å². The van der Waals surface area contributed by atoms with E-state index in [2.05, 4.69) is 10.3 Å². The summed E-state index contributed by atoms with van der Waals surface area (Å²) in [5.74, 6) is 1.23. The van der Waals surface area contributed by atoms with Gasteiger partial charge in [-0.3, -0.25) is 9.78 Å². The maximum atomic E-state index is 12.8. The highest BCUT2D eigenvalue weighted by Crippen LogP contribution is 2.29. The van der Waals surface area contributed by atoms with Crippen LogP contribution in [0.5, 0.6) is 11.5 Å². The lowest BCUT2D eigenvalue weighted by Crippen LogP contribution is -2.27. The number of nitrogens with one attached hydrogen (secondary N) is 1. The monoisotopic (exact) mass is 336 g/mol. The minimum Gasteiger partial charge on any atom is -0.497 e. The fourth-order valence-electron chi connectivity index (χ4n) is 2.82. The number of amides is 1. The summed E-state index contributed by atoms with van der Waals surface area (Å²) in [6.07, 6.45) is 1.69. The molecule has 1 aromatic heterocycles. The number of benzene rings is 2. The number of methoxy groups -OCH3 is 2. The summed E-state index contributed by atoms with van der Waals surface area (Å²) in [6.45, 7) is 1.91. The first kappa shape index (κ1) is 16.8. The lowest BCUT2D eigenvalue weighted by Gasteiger charge is -2.18. The van der Waals surface area contributed by atoms with Crippen molar-refractivity contribution in [3.63, 3.8) is 0 Å². The molecule has 1 N–H and O–H groups in total. The lowest BCUT2D eigenvalue weighted by molar-refractivity contribution is 0.0941. The van der Waals surface area contributed by atoms with E-state index in [9.17, 15) is 4.79 Å². The number of para-hydroxylation sites is 1. The first-order valence-corrected chi connectivity index (χ1v) is 8.00. The van der Waals surface area contributed by atoms with E-state index in [0.717, 1.165) is 10.9 Å². The number of rotatable bonds is 5. The number of carbonyl (C=O) groups excluding carboxylic acids is 1. The number of ether oxygens (including phenoxy) is 2. The Morgan fingerprint density at radius 2 is 1.88 bits per heavy atom. The molecular weight excluding hydrogens is 316 g/mol. The molecule has 128 valence electrons. The van der Waals surface area contributed by atoms with Gasteiger partial charge >= 0.3 is 0 Å². The van der Waals surface area contributed by atoms with Crippen molar-refractivity contribution in [2.24, 2.45) is 0 Å². The van der Waals surface area contributed by atoms with Crippen molar-refractivity contribution in [1.29, 1.82) is 0 Å². The maximum absolute atomic E-state index is 12.8. The molecule has 0 radical (unpaired) electrons. The van der Waals surface area contributed by atoms with Crippen molar-refractivity contribution in [2.75, 3.05) is 14.2 Å². The number of carbonyl (C=O) groups is 1. The molecule has 0 aliphatic carbocycles. The van der Waals surface area contributed by atoms with Crippen LogP contribution in [0.3, 0.4) is 0 Å². The van der Waals surface area contributed by atoms with Crippen molar-refractivity contribution < 1.29 is 14.3 Å². The minimum atomic E-state index is -0.253. The number of pyridine rings is 1. The highest BCUT2D eigenvalue weighted by atomic mass is 16.5. The molecule has 3 aromatic rings. The summed E-state index contributed by atoms with van der Waals surface area (Å²) in [5, 5.41) is 3.95. The van der Waals surface area contributed by atoms with Crippen LogP contribution in [0.2, 0.25) is 0 Å². The first-order chi connectivity index (χ1) is 12.1. The fraction of sp³-hybridized carbons (Fsp3) is 0.200. The largest absolute Gasteiger partial charge is 0.497 e. The fourth-order valence-corrected chi connectivity index (χ4v) is 2.82. The molecule has 0 aliphatic rings. The standard InChI is InChI=1S/C20H20N2O3/c1-13(17-12-15(24-2)9-10-18(17)25-3)22-20(23)16-8-4-6-14-7-5-11-21-19(14)16/h4-13H,1-3H3,(H,22,23). The average molecular weight is 336 g/mol. The molecular formula is C20H20N2O3. The second-order valence-electron chi connectivity index (χ2n) is 5.68. The van der Waals surface area contributed by atoms with Gasteiger partial charge in [0.15, 0.2) is 0 Å². The zero-order valence-corrected chi connectivity index (χ0v) is 14.4. The summed E-state index contributed by atoms with van der Waals surface area (Å²) in [7, 11) is 3.21. The predicted molar refractivity (Wildman–Crippen MR) is 97.2 cm³/mol. The highest BCUT2D eigenvalue weighted by molar-refractivity contribution is 6.05. The number of hydrogen-bond donors (Lipinski definition) is 1. The number of fused-ring (bicyclic) bond motifs is 1. The van der Waals surface area contributed by atoms with Crippen LogP contribution in [0.1, 0.15) is 28.9 Å². The van der Waals surface area contributed by atoms with E-state index in [0.29, 0.717) is 22.6 Å². The SMILES string of the molecule is COc1ccc(OC)c(C(C)NC(=O)c2cccc3cccnc23)c1. The quantitative estimate of drug-likeness (QED) is 0.771. The van der Waals surface area contributed by atoms with E-state index in [4.69, 9.17) is 9.47 Å². The van der Waals surface area contributed by atoms with Crippen LogP contribution in [0.25, 0.3) is 10.9 Å². The molecule has 2 aromatic carbocycles. The topological polar surface area (TPSA) is 60.5 Å². The Hall–Kier alpha value is -3.08. The van der Waals surface area contributed by atoms with Gasteiger partial charge < -0.3 is 14.8 Å². The van der Waals surface area contributed by atoms with Crippen molar-refractivity contribution in [3.8, 4) is 11.5 Å². The van der Waals surface area contributed by atoms with Crippen LogP contribution in [-0.2, 0) is 0 Å². The van der Waals surface area contributed by atoms with Gasteiger partial charge in [-0.25, -0.2) is 0 Å². The Kier molecular flexibility index (Phi) is 4.84. The van der Waals surface area contributed by atoms with E-state index in [1.165, 1.54) is 0 Å². The molecule has 25 heavy (non-hydrogen) atoms. The zero-order valence-electron chi connectivity index (χ0n) is 14.4. The molecule has 0 spiro atoms. The lowest BCUT2D eigenvalue weighted by atomic mass is 10.0. The molecule has 1 heterocycles. The molecule has 0 bridgehead atoms. The molecule has 3 rings (SSSR count). The van der Waals surface area contributed by atoms with Gasteiger partial charge in [-0.1, -0.05) is 18.2 Å². The van der Waals surface area contributed by atoms with Gasteiger partial charge in [-0.05, 0) is 37.3 Å². The summed E-state index contributed by atoms with van der Waals surface area (Å²) in [4.78, 5) is 17.1. The normalized spacial score (nSPS) is 11.8. The molecule has 5 heteroatoms. The number of hydrogen-bond acceptors (Lipinski definition) is 4. The van der Waals surface area contributed by atoms with Crippen LogP contribution in [0, 0.1) is 0 Å². The van der Waals surface area contributed by atoms with Gasteiger partial charge in [0.25, 0.3) is 5.91 Å². The molecule has 0 saturated heterocycles. The Balaban J connectivity index is 1.90. The van der Waals surface area contributed by atoms with Gasteiger partial charge in [0.05, 0.1) is 31.3 Å². The van der Waals surface area contributed by atoms with E-state index < -0.39 is 0 Å². The number of nitrogens with zero attached hydrogens (tertiary/aromatic N) is 1. The van der Waals surface area contributed by atoms with Gasteiger partial charge in [0, 0.05) is 17.1 Å².